The van der Waals surface area contributed by atoms with Gasteiger partial charge in [0.2, 0.25) is 0 Å². The highest BCUT2D eigenvalue weighted by molar-refractivity contribution is 5.49. The molecule has 0 aromatic heterocycles. The molecule has 0 bridgehead atoms. The summed E-state index contributed by atoms with van der Waals surface area (Å²) in [5, 5.41) is 6.98. The van der Waals surface area contributed by atoms with Crippen molar-refractivity contribution in [3.63, 3.8) is 0 Å². The van der Waals surface area contributed by atoms with E-state index < -0.39 is 0 Å². The van der Waals surface area contributed by atoms with Crippen molar-refractivity contribution in [1.29, 1.82) is 0 Å². The Hall–Kier alpha value is -1.87. The van der Waals surface area contributed by atoms with Crippen LogP contribution in [0, 0.1) is 17.7 Å². The van der Waals surface area contributed by atoms with Crippen LogP contribution >= 0.6 is 0 Å². The summed E-state index contributed by atoms with van der Waals surface area (Å²) in [7, 11) is 0. The number of halogens is 1. The number of nitrogens with one attached hydrogen (secondary N) is 2. The molecule has 4 rings (SSSR count). The predicted molar refractivity (Wildman–Crippen MR) is 96.6 cm³/mol. The Labute approximate surface area is 143 Å². The van der Waals surface area contributed by atoms with Gasteiger partial charge < -0.3 is 10.6 Å². The quantitative estimate of drug-likeness (QED) is 0.733. The van der Waals surface area contributed by atoms with E-state index in [1.54, 1.807) is 6.07 Å². The molecule has 0 amide bonds. The van der Waals surface area contributed by atoms with Gasteiger partial charge in [0.15, 0.2) is 0 Å². The highest BCUT2D eigenvalue weighted by atomic mass is 19.1. The van der Waals surface area contributed by atoms with Crippen LogP contribution in [-0.4, -0.2) is 13.1 Å². The number of anilines is 1. The summed E-state index contributed by atoms with van der Waals surface area (Å²) >= 11 is 0. The minimum atomic E-state index is -0.159. The van der Waals surface area contributed by atoms with Crippen LogP contribution in [0.2, 0.25) is 0 Å². The van der Waals surface area contributed by atoms with Gasteiger partial charge in [-0.2, -0.15) is 0 Å². The zero-order valence-corrected chi connectivity index (χ0v) is 14.0. The highest BCUT2D eigenvalue weighted by Crippen LogP contribution is 2.32. The molecule has 0 aliphatic heterocycles. The summed E-state index contributed by atoms with van der Waals surface area (Å²) < 4.78 is 14.1. The van der Waals surface area contributed by atoms with Crippen molar-refractivity contribution >= 4 is 5.69 Å². The first-order valence-corrected chi connectivity index (χ1v) is 9.11. The molecule has 3 heteroatoms. The standard InChI is InChI=1S/C21H25FN2/c22-19-11-10-18(12-20(19)23-13-15-6-7-15)21(24-14-16-8-9-16)17-4-2-1-3-5-17/h1-5,10-12,15-16,21,23-24H,6-9,13-14H2. The van der Waals surface area contributed by atoms with Crippen LogP contribution in [0.4, 0.5) is 10.1 Å². The summed E-state index contributed by atoms with van der Waals surface area (Å²) in [4.78, 5) is 0. The normalized spacial score (nSPS) is 18.4. The molecule has 0 saturated heterocycles. The molecule has 2 aliphatic rings. The Morgan fingerprint density at radius 1 is 0.875 bits per heavy atom. The van der Waals surface area contributed by atoms with Crippen molar-refractivity contribution in [2.24, 2.45) is 11.8 Å². The molecule has 24 heavy (non-hydrogen) atoms. The van der Waals surface area contributed by atoms with E-state index >= 15 is 0 Å². The second-order valence-corrected chi connectivity index (χ2v) is 7.26. The zero-order chi connectivity index (χ0) is 16.4. The Bertz CT molecular complexity index is 677. The van der Waals surface area contributed by atoms with E-state index in [4.69, 9.17) is 0 Å². The lowest BCUT2D eigenvalue weighted by Gasteiger charge is -2.21. The maximum absolute atomic E-state index is 14.1. The average molecular weight is 324 g/mol. The minimum Gasteiger partial charge on any atom is -0.382 e. The van der Waals surface area contributed by atoms with Gasteiger partial charge in [-0.3, -0.25) is 0 Å². The summed E-state index contributed by atoms with van der Waals surface area (Å²) in [6, 6.07) is 16.1. The van der Waals surface area contributed by atoms with Crippen molar-refractivity contribution in [1.82, 2.24) is 5.32 Å². The van der Waals surface area contributed by atoms with Crippen LogP contribution in [-0.2, 0) is 0 Å². The van der Waals surface area contributed by atoms with E-state index in [0.717, 1.165) is 30.5 Å². The smallest absolute Gasteiger partial charge is 0.146 e. The average Bonchev–Trinajstić information content (AvgIpc) is 3.51. The van der Waals surface area contributed by atoms with E-state index in [0.29, 0.717) is 5.69 Å². The second kappa shape index (κ2) is 6.94. The molecule has 2 nitrogen and oxygen atoms in total. The van der Waals surface area contributed by atoms with Gasteiger partial charge in [0.05, 0.1) is 11.7 Å². The third kappa shape index (κ3) is 3.96. The molecule has 2 aliphatic carbocycles. The lowest BCUT2D eigenvalue weighted by Crippen LogP contribution is -2.24. The molecular weight excluding hydrogens is 299 g/mol. The molecule has 126 valence electrons. The molecular formula is C21H25FN2. The molecule has 2 aromatic carbocycles. The van der Waals surface area contributed by atoms with Gasteiger partial charge in [-0.15, -0.1) is 0 Å². The van der Waals surface area contributed by atoms with Gasteiger partial charge in [0.25, 0.3) is 0 Å². The van der Waals surface area contributed by atoms with E-state index in [1.165, 1.54) is 31.2 Å². The van der Waals surface area contributed by atoms with Crippen LogP contribution in [0.25, 0.3) is 0 Å². The molecule has 2 saturated carbocycles. The van der Waals surface area contributed by atoms with E-state index in [-0.39, 0.29) is 11.9 Å². The molecule has 2 aromatic rings. The third-order valence-corrected chi connectivity index (χ3v) is 5.04. The first-order valence-electron chi connectivity index (χ1n) is 9.11. The number of hydrogen-bond acceptors (Lipinski definition) is 2. The topological polar surface area (TPSA) is 24.1 Å². The van der Waals surface area contributed by atoms with Crippen LogP contribution in [0.5, 0.6) is 0 Å². The van der Waals surface area contributed by atoms with Crippen molar-refractivity contribution in [2.75, 3.05) is 18.4 Å². The van der Waals surface area contributed by atoms with Gasteiger partial charge in [0.1, 0.15) is 5.82 Å². The van der Waals surface area contributed by atoms with Gasteiger partial charge >= 0.3 is 0 Å². The summed E-state index contributed by atoms with van der Waals surface area (Å²) in [6.45, 7) is 1.91. The lowest BCUT2D eigenvalue weighted by atomic mass is 9.98. The van der Waals surface area contributed by atoms with Crippen molar-refractivity contribution in [3.05, 3.63) is 65.5 Å². The van der Waals surface area contributed by atoms with Crippen LogP contribution in [0.1, 0.15) is 42.9 Å². The molecule has 0 radical (unpaired) electrons. The van der Waals surface area contributed by atoms with Crippen LogP contribution in [0.15, 0.2) is 48.5 Å². The summed E-state index contributed by atoms with van der Waals surface area (Å²) in [6.07, 6.45) is 5.19. The number of rotatable bonds is 8. The number of hydrogen-bond donors (Lipinski definition) is 2. The maximum atomic E-state index is 14.1. The predicted octanol–water partition coefficient (Wildman–Crippen LogP) is 4.74. The maximum Gasteiger partial charge on any atom is 0.146 e. The Balaban J connectivity index is 1.56. The Morgan fingerprint density at radius 3 is 2.29 bits per heavy atom. The van der Waals surface area contributed by atoms with Gasteiger partial charge in [-0.05, 0) is 67.3 Å². The van der Waals surface area contributed by atoms with Crippen molar-refractivity contribution < 1.29 is 4.39 Å². The zero-order valence-electron chi connectivity index (χ0n) is 14.0. The summed E-state index contributed by atoms with van der Waals surface area (Å²) in [5.74, 6) is 1.38. The molecule has 0 heterocycles. The van der Waals surface area contributed by atoms with E-state index in [9.17, 15) is 4.39 Å². The fraction of sp³-hybridized carbons (Fsp3) is 0.429. The van der Waals surface area contributed by atoms with Gasteiger partial charge in [0, 0.05) is 6.54 Å². The van der Waals surface area contributed by atoms with Gasteiger partial charge in [-0.25, -0.2) is 4.39 Å². The first-order chi connectivity index (χ1) is 11.8. The highest BCUT2D eigenvalue weighted by Gasteiger charge is 2.24. The molecule has 1 unspecified atom stereocenters. The fourth-order valence-corrected chi connectivity index (χ4v) is 3.11. The molecule has 0 spiro atoms. The van der Waals surface area contributed by atoms with Crippen LogP contribution in [0.3, 0.4) is 0 Å². The van der Waals surface area contributed by atoms with E-state index in [2.05, 4.69) is 34.9 Å². The third-order valence-electron chi connectivity index (χ3n) is 5.04. The molecule has 2 fully saturated rings. The molecule has 2 N–H and O–H groups in total. The van der Waals surface area contributed by atoms with E-state index in [1.807, 2.05) is 18.2 Å². The van der Waals surface area contributed by atoms with Crippen molar-refractivity contribution in [3.8, 4) is 0 Å². The second-order valence-electron chi connectivity index (χ2n) is 7.26. The minimum absolute atomic E-state index is 0.119. The monoisotopic (exact) mass is 324 g/mol. The SMILES string of the molecule is Fc1ccc(C(NCC2CC2)c2ccccc2)cc1NCC1CC1. The number of benzene rings is 2. The first kappa shape index (κ1) is 15.6. The van der Waals surface area contributed by atoms with Gasteiger partial charge in [-0.1, -0.05) is 36.4 Å². The lowest BCUT2D eigenvalue weighted by molar-refractivity contribution is 0.571. The Kier molecular flexibility index (Phi) is 4.52. The van der Waals surface area contributed by atoms with Crippen LogP contribution < -0.4 is 10.6 Å². The molecule has 1 atom stereocenters. The summed E-state index contributed by atoms with van der Waals surface area (Å²) in [5.41, 5.74) is 2.99. The largest absolute Gasteiger partial charge is 0.382 e. The Morgan fingerprint density at radius 2 is 1.58 bits per heavy atom. The van der Waals surface area contributed by atoms with Crippen molar-refractivity contribution in [2.45, 2.75) is 31.7 Å². The fourth-order valence-electron chi connectivity index (χ4n) is 3.11.